The molecule has 2 aliphatic rings. The number of aromatic nitrogens is 4. The average molecular weight is 445 g/mol. The van der Waals surface area contributed by atoms with Crippen molar-refractivity contribution in [2.75, 3.05) is 25.5 Å². The van der Waals surface area contributed by atoms with Gasteiger partial charge in [-0.25, -0.2) is 9.97 Å². The lowest BCUT2D eigenvalue weighted by Gasteiger charge is -2.26. The molecule has 0 spiro atoms. The number of nitrogens with one attached hydrogen (secondary N) is 1. The number of carbonyl (C=O) groups is 1. The highest BCUT2D eigenvalue weighted by molar-refractivity contribution is 5.94. The first-order valence-electron chi connectivity index (χ1n) is 12.1. The molecule has 7 nitrogen and oxygen atoms in total. The number of aromatic amines is 1. The molecule has 1 unspecified atom stereocenters. The average Bonchev–Trinajstić information content (AvgIpc) is 3.46. The number of nitrogens with zero attached hydrogens (tertiary/aromatic N) is 5. The van der Waals surface area contributed by atoms with Crippen molar-refractivity contribution < 1.29 is 4.79 Å². The number of hydrogen-bond donors (Lipinski definition) is 1. The maximum absolute atomic E-state index is 13.8. The van der Waals surface area contributed by atoms with Gasteiger partial charge in [-0.2, -0.15) is 5.10 Å². The topological polar surface area (TPSA) is 78.0 Å². The van der Waals surface area contributed by atoms with E-state index in [1.165, 1.54) is 12.8 Å². The molecule has 7 heteroatoms. The van der Waals surface area contributed by atoms with E-state index in [2.05, 4.69) is 27.3 Å². The molecule has 1 aliphatic carbocycles. The highest BCUT2D eigenvalue weighted by Gasteiger charge is 2.36. The van der Waals surface area contributed by atoms with E-state index in [1.54, 1.807) is 0 Å². The molecule has 3 heterocycles. The van der Waals surface area contributed by atoms with E-state index in [1.807, 2.05) is 48.3 Å². The van der Waals surface area contributed by atoms with Crippen molar-refractivity contribution in [2.24, 2.45) is 0 Å². The molecule has 3 aromatic rings. The van der Waals surface area contributed by atoms with Gasteiger partial charge in [0.15, 0.2) is 5.69 Å². The minimum Gasteiger partial charge on any atom is -0.347 e. The van der Waals surface area contributed by atoms with Crippen molar-refractivity contribution in [1.82, 2.24) is 25.1 Å². The molecule has 1 fully saturated rings. The first-order chi connectivity index (χ1) is 16.1. The number of aryl methyl sites for hydroxylation is 1. The Morgan fingerprint density at radius 3 is 2.64 bits per heavy atom. The van der Waals surface area contributed by atoms with Gasteiger partial charge in [0.1, 0.15) is 0 Å². The lowest BCUT2D eigenvalue weighted by Crippen LogP contribution is -2.32. The van der Waals surface area contributed by atoms with Crippen molar-refractivity contribution in [3.63, 3.8) is 0 Å². The van der Waals surface area contributed by atoms with Gasteiger partial charge in [0.25, 0.3) is 5.91 Å². The third-order valence-electron chi connectivity index (χ3n) is 6.88. The number of carbonyl (C=O) groups excluding carboxylic acids is 1. The number of hydrogen-bond acceptors (Lipinski definition) is 5. The smallest absolute Gasteiger partial charge is 0.275 e. The van der Waals surface area contributed by atoms with Gasteiger partial charge in [-0.3, -0.25) is 9.89 Å². The zero-order valence-corrected chi connectivity index (χ0v) is 19.5. The number of benzene rings is 1. The lowest BCUT2D eigenvalue weighted by molar-refractivity contribution is 0.0726. The molecule has 1 N–H and O–H groups in total. The Morgan fingerprint density at radius 2 is 1.85 bits per heavy atom. The highest BCUT2D eigenvalue weighted by atomic mass is 16.2. The van der Waals surface area contributed by atoms with Crippen LogP contribution in [0.15, 0.2) is 36.5 Å². The summed E-state index contributed by atoms with van der Waals surface area (Å²) in [6, 6.07) is 10.1. The van der Waals surface area contributed by atoms with E-state index in [-0.39, 0.29) is 11.9 Å². The SMILES string of the molecule is CN(C)c1ncc(-c2ccccc2)c(C2CCCN2C(=O)c2n[nH]c3c2CCCCCC3)n1. The van der Waals surface area contributed by atoms with Crippen LogP contribution >= 0.6 is 0 Å². The maximum Gasteiger partial charge on any atom is 0.275 e. The Balaban J connectivity index is 1.53. The van der Waals surface area contributed by atoms with Crippen LogP contribution in [0.2, 0.25) is 0 Å². The molecule has 172 valence electrons. The molecule has 0 saturated carbocycles. The molecule has 1 aromatic carbocycles. The van der Waals surface area contributed by atoms with Crippen LogP contribution in [-0.4, -0.2) is 51.6 Å². The highest BCUT2D eigenvalue weighted by Crippen LogP contribution is 2.38. The molecule has 0 bridgehead atoms. The van der Waals surface area contributed by atoms with E-state index < -0.39 is 0 Å². The van der Waals surface area contributed by atoms with Crippen molar-refractivity contribution >= 4 is 11.9 Å². The van der Waals surface area contributed by atoms with E-state index in [0.717, 1.165) is 73.1 Å². The van der Waals surface area contributed by atoms with Crippen LogP contribution in [0.3, 0.4) is 0 Å². The third-order valence-corrected chi connectivity index (χ3v) is 6.88. The second kappa shape index (κ2) is 9.33. The zero-order chi connectivity index (χ0) is 22.8. The molecular weight excluding hydrogens is 412 g/mol. The van der Waals surface area contributed by atoms with Gasteiger partial charge < -0.3 is 9.80 Å². The van der Waals surface area contributed by atoms with Gasteiger partial charge in [0, 0.05) is 43.7 Å². The summed E-state index contributed by atoms with van der Waals surface area (Å²) in [4.78, 5) is 27.2. The van der Waals surface area contributed by atoms with E-state index >= 15 is 0 Å². The van der Waals surface area contributed by atoms with Gasteiger partial charge in [-0.05, 0) is 44.1 Å². The summed E-state index contributed by atoms with van der Waals surface area (Å²) in [5.41, 5.74) is 5.87. The normalized spacial score (nSPS) is 18.5. The molecule has 2 aromatic heterocycles. The van der Waals surface area contributed by atoms with Gasteiger partial charge in [0.2, 0.25) is 5.95 Å². The molecule has 1 atom stereocenters. The number of rotatable bonds is 4. The van der Waals surface area contributed by atoms with Crippen molar-refractivity contribution in [2.45, 2.75) is 57.4 Å². The predicted molar refractivity (Wildman–Crippen MR) is 129 cm³/mol. The molecule has 5 rings (SSSR count). The number of likely N-dealkylation sites (tertiary alicyclic amines) is 1. The Hall–Kier alpha value is -3.22. The van der Waals surface area contributed by atoms with Crippen LogP contribution in [-0.2, 0) is 12.8 Å². The Labute approximate surface area is 195 Å². The van der Waals surface area contributed by atoms with Gasteiger partial charge >= 0.3 is 0 Å². The van der Waals surface area contributed by atoms with Crippen LogP contribution in [0.4, 0.5) is 5.95 Å². The predicted octanol–water partition coefficient (Wildman–Crippen LogP) is 4.57. The largest absolute Gasteiger partial charge is 0.347 e. The monoisotopic (exact) mass is 444 g/mol. The zero-order valence-electron chi connectivity index (χ0n) is 19.5. The Bertz CT molecular complexity index is 1120. The fourth-order valence-electron chi connectivity index (χ4n) is 5.14. The molecule has 1 aliphatic heterocycles. The van der Waals surface area contributed by atoms with Gasteiger partial charge in [-0.15, -0.1) is 0 Å². The summed E-state index contributed by atoms with van der Waals surface area (Å²) in [7, 11) is 3.89. The van der Waals surface area contributed by atoms with Crippen molar-refractivity contribution in [3.05, 3.63) is 59.2 Å². The first kappa shape index (κ1) is 21.6. The molecule has 0 radical (unpaired) electrons. The molecular formula is C26H32N6O. The van der Waals surface area contributed by atoms with E-state index in [4.69, 9.17) is 4.98 Å². The summed E-state index contributed by atoms with van der Waals surface area (Å²) in [6.07, 6.45) is 10.4. The van der Waals surface area contributed by atoms with E-state index in [0.29, 0.717) is 11.6 Å². The summed E-state index contributed by atoms with van der Waals surface area (Å²) in [5, 5.41) is 7.71. The Kier molecular flexibility index (Phi) is 6.11. The summed E-state index contributed by atoms with van der Waals surface area (Å²) in [5.74, 6) is 0.688. The Morgan fingerprint density at radius 1 is 1.06 bits per heavy atom. The van der Waals surface area contributed by atoms with Crippen LogP contribution < -0.4 is 4.90 Å². The minimum atomic E-state index is -0.0877. The molecule has 1 saturated heterocycles. The summed E-state index contributed by atoms with van der Waals surface area (Å²) < 4.78 is 0. The fraction of sp³-hybridized carbons (Fsp3) is 0.462. The first-order valence-corrected chi connectivity index (χ1v) is 12.1. The van der Waals surface area contributed by atoms with E-state index in [9.17, 15) is 4.79 Å². The van der Waals surface area contributed by atoms with Crippen molar-refractivity contribution in [1.29, 1.82) is 0 Å². The summed E-state index contributed by atoms with van der Waals surface area (Å²) in [6.45, 7) is 0.723. The second-order valence-corrected chi connectivity index (χ2v) is 9.33. The number of anilines is 1. The van der Waals surface area contributed by atoms with Crippen LogP contribution in [0, 0.1) is 0 Å². The minimum absolute atomic E-state index is 0.0274. The van der Waals surface area contributed by atoms with Crippen LogP contribution in [0.5, 0.6) is 0 Å². The van der Waals surface area contributed by atoms with Crippen LogP contribution in [0.25, 0.3) is 11.1 Å². The lowest BCUT2D eigenvalue weighted by atomic mass is 9.96. The van der Waals surface area contributed by atoms with Crippen LogP contribution in [0.1, 0.15) is 72.0 Å². The van der Waals surface area contributed by atoms with Gasteiger partial charge in [-0.1, -0.05) is 43.2 Å². The fourth-order valence-corrected chi connectivity index (χ4v) is 5.14. The maximum atomic E-state index is 13.8. The standard InChI is InChI=1S/C26H32N6O/c1-31(2)26-27-17-20(18-11-6-5-7-12-18)23(28-26)22-15-10-16-32(22)25(33)24-19-13-8-3-4-9-14-21(19)29-30-24/h5-7,11-12,17,22H,3-4,8-10,13-16H2,1-2H3,(H,29,30). The second-order valence-electron chi connectivity index (χ2n) is 9.33. The quantitative estimate of drug-likeness (QED) is 0.638. The van der Waals surface area contributed by atoms with Crippen molar-refractivity contribution in [3.8, 4) is 11.1 Å². The third kappa shape index (κ3) is 4.24. The number of amides is 1. The number of H-pyrrole nitrogens is 1. The summed E-state index contributed by atoms with van der Waals surface area (Å²) >= 11 is 0. The van der Waals surface area contributed by atoms with Gasteiger partial charge in [0.05, 0.1) is 11.7 Å². The molecule has 1 amide bonds. The molecule has 33 heavy (non-hydrogen) atoms. The number of fused-ring (bicyclic) bond motifs is 1.